The fourth-order valence-electron chi connectivity index (χ4n) is 4.51. The Morgan fingerprint density at radius 1 is 1.06 bits per heavy atom. The van der Waals surface area contributed by atoms with Crippen molar-refractivity contribution < 1.29 is 9.53 Å². The molecular formula is C26H31N3O3S. The summed E-state index contributed by atoms with van der Waals surface area (Å²) in [7, 11) is 0. The summed E-state index contributed by atoms with van der Waals surface area (Å²) in [5.74, 6) is 0.706. The van der Waals surface area contributed by atoms with Gasteiger partial charge in [-0.25, -0.2) is 0 Å². The number of hydrogen-bond donors (Lipinski definition) is 0. The lowest BCUT2D eigenvalue weighted by atomic mass is 10.1. The smallest absolute Gasteiger partial charge is 0.259 e. The number of carbonyl (C=O) groups is 1. The molecule has 33 heavy (non-hydrogen) atoms. The number of benzene rings is 1. The molecule has 0 saturated carbocycles. The van der Waals surface area contributed by atoms with Gasteiger partial charge in [0.2, 0.25) is 0 Å². The zero-order chi connectivity index (χ0) is 23.4. The summed E-state index contributed by atoms with van der Waals surface area (Å²) in [6.07, 6.45) is 0.630. The number of para-hydroxylation sites is 2. The summed E-state index contributed by atoms with van der Waals surface area (Å²) < 4.78 is 7.90. The van der Waals surface area contributed by atoms with E-state index >= 15 is 0 Å². The lowest BCUT2D eigenvalue weighted by molar-refractivity contribution is 0.0743. The Hall–Kier alpha value is -3.06. The number of thiophene rings is 1. The third-order valence-electron chi connectivity index (χ3n) is 6.14. The van der Waals surface area contributed by atoms with E-state index in [1.165, 1.54) is 4.88 Å². The predicted octanol–water partition coefficient (Wildman–Crippen LogP) is 4.19. The van der Waals surface area contributed by atoms with E-state index in [0.717, 1.165) is 22.8 Å². The van der Waals surface area contributed by atoms with E-state index in [0.29, 0.717) is 51.3 Å². The summed E-state index contributed by atoms with van der Waals surface area (Å²) in [4.78, 5) is 31.8. The van der Waals surface area contributed by atoms with Crippen LogP contribution in [0.4, 0.5) is 5.69 Å². The van der Waals surface area contributed by atoms with E-state index in [2.05, 4.69) is 21.6 Å². The van der Waals surface area contributed by atoms with Crippen molar-refractivity contribution in [3.05, 3.63) is 79.9 Å². The Bertz CT molecular complexity index is 1160. The SMILES string of the molecule is CCOc1ccccc1N1CCN(C(=O)c2c(CC)n(Cc3cccs3)c(C)cc2=O)CC1. The Morgan fingerprint density at radius 2 is 1.82 bits per heavy atom. The van der Waals surface area contributed by atoms with Crippen LogP contribution in [-0.2, 0) is 13.0 Å². The molecule has 3 aromatic rings. The number of ether oxygens (including phenoxy) is 1. The second-order valence-electron chi connectivity index (χ2n) is 8.17. The van der Waals surface area contributed by atoms with Gasteiger partial charge in [-0.05, 0) is 43.8 Å². The molecule has 6 nitrogen and oxygen atoms in total. The van der Waals surface area contributed by atoms with Crippen LogP contribution in [-0.4, -0.2) is 48.2 Å². The first-order valence-corrected chi connectivity index (χ1v) is 12.4. The van der Waals surface area contributed by atoms with E-state index in [-0.39, 0.29) is 11.3 Å². The minimum Gasteiger partial charge on any atom is -0.492 e. The predicted molar refractivity (Wildman–Crippen MR) is 134 cm³/mol. The van der Waals surface area contributed by atoms with Gasteiger partial charge in [0.25, 0.3) is 5.91 Å². The first-order valence-electron chi connectivity index (χ1n) is 11.5. The first-order chi connectivity index (χ1) is 16.0. The molecule has 7 heteroatoms. The molecule has 0 atom stereocenters. The van der Waals surface area contributed by atoms with Crippen molar-refractivity contribution >= 4 is 22.9 Å². The van der Waals surface area contributed by atoms with Gasteiger partial charge in [-0.3, -0.25) is 9.59 Å². The quantitative estimate of drug-likeness (QED) is 0.525. The molecule has 0 N–H and O–H groups in total. The molecule has 1 saturated heterocycles. The van der Waals surface area contributed by atoms with Gasteiger partial charge in [0.1, 0.15) is 11.3 Å². The zero-order valence-corrected chi connectivity index (χ0v) is 20.4. The van der Waals surface area contributed by atoms with Gasteiger partial charge < -0.3 is 19.1 Å². The van der Waals surface area contributed by atoms with Crippen LogP contribution in [0.2, 0.25) is 0 Å². The van der Waals surface area contributed by atoms with Gasteiger partial charge in [0.05, 0.1) is 18.8 Å². The second kappa shape index (κ2) is 10.3. The van der Waals surface area contributed by atoms with E-state index < -0.39 is 0 Å². The number of aromatic nitrogens is 1. The monoisotopic (exact) mass is 465 g/mol. The highest BCUT2D eigenvalue weighted by atomic mass is 32.1. The molecule has 1 amide bonds. The van der Waals surface area contributed by atoms with Crippen LogP contribution in [0.15, 0.2) is 52.6 Å². The maximum Gasteiger partial charge on any atom is 0.259 e. The van der Waals surface area contributed by atoms with Crippen molar-refractivity contribution in [1.29, 1.82) is 0 Å². The molecule has 1 aliphatic rings. The van der Waals surface area contributed by atoms with E-state index in [1.807, 2.05) is 55.3 Å². The Morgan fingerprint density at radius 3 is 2.48 bits per heavy atom. The number of aryl methyl sites for hydroxylation is 1. The largest absolute Gasteiger partial charge is 0.492 e. The van der Waals surface area contributed by atoms with Gasteiger partial charge in [-0.1, -0.05) is 25.1 Å². The second-order valence-corrected chi connectivity index (χ2v) is 9.20. The summed E-state index contributed by atoms with van der Waals surface area (Å²) in [5.41, 5.74) is 2.90. The maximum atomic E-state index is 13.6. The minimum absolute atomic E-state index is 0.158. The van der Waals surface area contributed by atoms with E-state index in [9.17, 15) is 9.59 Å². The van der Waals surface area contributed by atoms with Crippen LogP contribution in [0.25, 0.3) is 0 Å². The third kappa shape index (κ3) is 4.83. The van der Waals surface area contributed by atoms with Crippen LogP contribution in [0.3, 0.4) is 0 Å². The van der Waals surface area contributed by atoms with Crippen molar-refractivity contribution in [2.24, 2.45) is 0 Å². The summed E-state index contributed by atoms with van der Waals surface area (Å²) in [6, 6.07) is 13.7. The minimum atomic E-state index is -0.180. The Kier molecular flexibility index (Phi) is 7.18. The molecule has 4 rings (SSSR count). The lowest BCUT2D eigenvalue weighted by Gasteiger charge is -2.37. The zero-order valence-electron chi connectivity index (χ0n) is 19.5. The standard InChI is InChI=1S/C26H31N3O3S/c1-4-21-25(23(30)17-19(3)29(21)18-20-9-8-16-33-20)26(31)28-14-12-27(13-15-28)22-10-6-7-11-24(22)32-5-2/h6-11,16-17H,4-5,12-15,18H2,1-3H3. The number of hydrogen-bond acceptors (Lipinski definition) is 5. The highest BCUT2D eigenvalue weighted by Gasteiger charge is 2.28. The number of rotatable bonds is 7. The number of carbonyl (C=O) groups excluding carboxylic acids is 1. The van der Waals surface area contributed by atoms with E-state index in [4.69, 9.17) is 4.74 Å². The Balaban J connectivity index is 1.56. The average Bonchev–Trinajstić information content (AvgIpc) is 3.34. The van der Waals surface area contributed by atoms with E-state index in [1.54, 1.807) is 17.4 Å². The van der Waals surface area contributed by atoms with Crippen LogP contribution in [0.5, 0.6) is 5.75 Å². The molecule has 1 aliphatic heterocycles. The number of anilines is 1. The molecule has 0 aliphatic carbocycles. The highest BCUT2D eigenvalue weighted by molar-refractivity contribution is 7.09. The Labute approximate surface area is 199 Å². The molecule has 1 aromatic carbocycles. The van der Waals surface area contributed by atoms with Crippen LogP contribution in [0, 0.1) is 6.92 Å². The van der Waals surface area contributed by atoms with Gasteiger partial charge in [-0.15, -0.1) is 11.3 Å². The molecular weight excluding hydrogens is 434 g/mol. The first kappa shape index (κ1) is 23.1. The van der Waals surface area contributed by atoms with Crippen LogP contribution < -0.4 is 15.1 Å². The number of amides is 1. The molecule has 0 bridgehead atoms. The van der Waals surface area contributed by atoms with Crippen molar-refractivity contribution in [2.45, 2.75) is 33.7 Å². The van der Waals surface area contributed by atoms with Crippen molar-refractivity contribution in [3.8, 4) is 5.75 Å². The topological polar surface area (TPSA) is 54.8 Å². The fourth-order valence-corrected chi connectivity index (χ4v) is 5.20. The molecule has 1 fully saturated rings. The van der Waals surface area contributed by atoms with Crippen molar-refractivity contribution in [1.82, 2.24) is 9.47 Å². The van der Waals surface area contributed by atoms with Crippen LogP contribution in [0.1, 0.15) is 40.5 Å². The van der Waals surface area contributed by atoms with Crippen LogP contribution >= 0.6 is 11.3 Å². The van der Waals surface area contributed by atoms with Gasteiger partial charge in [0, 0.05) is 48.5 Å². The molecule has 0 unspecified atom stereocenters. The maximum absolute atomic E-state index is 13.6. The summed E-state index contributed by atoms with van der Waals surface area (Å²) >= 11 is 1.68. The lowest BCUT2D eigenvalue weighted by Crippen LogP contribution is -2.50. The normalized spacial score (nSPS) is 13.9. The number of piperazine rings is 1. The highest BCUT2D eigenvalue weighted by Crippen LogP contribution is 2.29. The van der Waals surface area contributed by atoms with Gasteiger partial charge in [-0.2, -0.15) is 0 Å². The molecule has 174 valence electrons. The molecule has 0 spiro atoms. The number of nitrogens with zero attached hydrogens (tertiary/aromatic N) is 3. The number of pyridine rings is 1. The van der Waals surface area contributed by atoms with Crippen molar-refractivity contribution in [2.75, 3.05) is 37.7 Å². The third-order valence-corrected chi connectivity index (χ3v) is 7.00. The summed E-state index contributed by atoms with van der Waals surface area (Å²) in [6.45, 7) is 9.76. The molecule has 3 heterocycles. The van der Waals surface area contributed by atoms with Crippen molar-refractivity contribution in [3.63, 3.8) is 0 Å². The average molecular weight is 466 g/mol. The van der Waals surface area contributed by atoms with Gasteiger partial charge in [0.15, 0.2) is 5.43 Å². The van der Waals surface area contributed by atoms with Gasteiger partial charge >= 0.3 is 0 Å². The molecule has 2 aromatic heterocycles. The summed E-state index contributed by atoms with van der Waals surface area (Å²) in [5, 5.41) is 2.05. The fraction of sp³-hybridized carbons (Fsp3) is 0.385. The molecule has 0 radical (unpaired) electrons.